The zero-order valence-electron chi connectivity index (χ0n) is 20.9. The molecule has 0 aliphatic heterocycles. The Balaban J connectivity index is 1.93. The summed E-state index contributed by atoms with van der Waals surface area (Å²) in [6, 6.07) is 18.7. The summed E-state index contributed by atoms with van der Waals surface area (Å²) >= 11 is 0. The Labute approximate surface area is 198 Å². The number of carbonyl (C=O) groups excluding carboxylic acids is 1. The maximum atomic E-state index is 12.6. The Morgan fingerprint density at radius 2 is 1.55 bits per heavy atom. The van der Waals surface area contributed by atoms with Gasteiger partial charge in [-0.1, -0.05) is 65.8 Å². The summed E-state index contributed by atoms with van der Waals surface area (Å²) in [5, 5.41) is 7.73. The van der Waals surface area contributed by atoms with Gasteiger partial charge in [-0.05, 0) is 42.4 Å². The van der Waals surface area contributed by atoms with Crippen LogP contribution in [-0.2, 0) is 5.41 Å². The van der Waals surface area contributed by atoms with Crippen molar-refractivity contribution in [2.45, 2.75) is 65.1 Å². The van der Waals surface area contributed by atoms with E-state index in [1.54, 1.807) is 16.8 Å². The minimum Gasteiger partial charge on any atom is -0.543 e. The average Bonchev–Trinajstić information content (AvgIpc) is 3.12. The van der Waals surface area contributed by atoms with Gasteiger partial charge >= 0.3 is 6.09 Å². The highest BCUT2D eigenvalue weighted by atomic mass is 28.4. The number of nitrogens with zero attached hydrogens (tertiary/aromatic N) is 2. The molecule has 0 aliphatic carbocycles. The molecule has 0 radical (unpaired) electrons. The van der Waals surface area contributed by atoms with Gasteiger partial charge in [-0.15, -0.1) is 0 Å². The SMILES string of the molecule is CC(C)(C)c1cc(NC(=O)Oc2ccccc2)n(-c2cccc(O[Si](C)(C)C(C)(C)C)c2)n1. The second-order valence-corrected chi connectivity index (χ2v) is 15.5. The van der Waals surface area contributed by atoms with Gasteiger partial charge in [0.25, 0.3) is 0 Å². The first-order chi connectivity index (χ1) is 15.3. The van der Waals surface area contributed by atoms with Gasteiger partial charge in [-0.25, -0.2) is 9.48 Å². The smallest absolute Gasteiger partial charge is 0.418 e. The average molecular weight is 466 g/mol. The monoisotopic (exact) mass is 465 g/mol. The molecule has 0 bridgehead atoms. The standard InChI is InChI=1S/C26H35N3O3Si/c1-25(2,3)22-18-23(27-24(30)31-20-14-10-9-11-15-20)29(28-22)19-13-12-16-21(17-19)32-33(7,8)26(4,5)6/h9-18H,1-8H3,(H,27,30). The van der Waals surface area contributed by atoms with E-state index in [2.05, 4.69) is 60.0 Å². The van der Waals surface area contributed by atoms with E-state index in [-0.39, 0.29) is 10.5 Å². The van der Waals surface area contributed by atoms with Crippen molar-refractivity contribution in [1.29, 1.82) is 0 Å². The summed E-state index contributed by atoms with van der Waals surface area (Å²) in [6.45, 7) is 17.3. The Morgan fingerprint density at radius 1 is 0.909 bits per heavy atom. The molecule has 6 nitrogen and oxygen atoms in total. The lowest BCUT2D eigenvalue weighted by molar-refractivity contribution is 0.215. The molecule has 33 heavy (non-hydrogen) atoms. The molecule has 0 aliphatic rings. The molecular formula is C26H35N3O3Si. The van der Waals surface area contributed by atoms with Crippen LogP contribution in [0.15, 0.2) is 60.7 Å². The van der Waals surface area contributed by atoms with Crippen LogP contribution in [0.3, 0.4) is 0 Å². The molecule has 176 valence electrons. The minimum atomic E-state index is -2.00. The Morgan fingerprint density at radius 3 is 2.15 bits per heavy atom. The number of aromatic nitrogens is 2. The molecule has 0 saturated heterocycles. The lowest BCUT2D eigenvalue weighted by Gasteiger charge is -2.36. The van der Waals surface area contributed by atoms with Gasteiger partial charge in [-0.3, -0.25) is 5.32 Å². The van der Waals surface area contributed by atoms with Gasteiger partial charge in [0, 0.05) is 17.5 Å². The number of ether oxygens (including phenoxy) is 1. The summed E-state index contributed by atoms with van der Waals surface area (Å²) in [4.78, 5) is 12.6. The first-order valence-corrected chi connectivity index (χ1v) is 14.1. The number of benzene rings is 2. The van der Waals surface area contributed by atoms with Crippen LogP contribution in [-0.4, -0.2) is 24.2 Å². The van der Waals surface area contributed by atoms with Crippen molar-refractivity contribution in [1.82, 2.24) is 9.78 Å². The number of rotatable bonds is 5. The van der Waals surface area contributed by atoms with Gasteiger partial charge in [0.05, 0.1) is 11.4 Å². The van der Waals surface area contributed by atoms with Crippen LogP contribution in [0.2, 0.25) is 18.1 Å². The van der Waals surface area contributed by atoms with E-state index in [4.69, 9.17) is 14.3 Å². The molecule has 3 aromatic rings. The Kier molecular flexibility index (Phi) is 6.74. The largest absolute Gasteiger partial charge is 0.543 e. The molecule has 1 aromatic heterocycles. The normalized spacial score (nSPS) is 12.4. The number of hydrogen-bond acceptors (Lipinski definition) is 4. The van der Waals surface area contributed by atoms with Crippen molar-refractivity contribution in [2.24, 2.45) is 0 Å². The Bertz CT molecular complexity index is 1110. The van der Waals surface area contributed by atoms with Crippen molar-refractivity contribution in [3.8, 4) is 17.2 Å². The quantitative estimate of drug-likeness (QED) is 0.406. The summed E-state index contributed by atoms with van der Waals surface area (Å²) in [7, 11) is -2.00. The van der Waals surface area contributed by atoms with Crippen molar-refractivity contribution >= 4 is 20.2 Å². The second-order valence-electron chi connectivity index (χ2n) is 10.8. The molecule has 2 aromatic carbocycles. The van der Waals surface area contributed by atoms with Gasteiger partial charge in [-0.2, -0.15) is 5.10 Å². The third-order valence-corrected chi connectivity index (χ3v) is 10.3. The van der Waals surface area contributed by atoms with E-state index in [1.165, 1.54) is 0 Å². The maximum Gasteiger partial charge on any atom is 0.418 e. The summed E-state index contributed by atoms with van der Waals surface area (Å²) in [5.74, 6) is 1.80. The van der Waals surface area contributed by atoms with Crippen molar-refractivity contribution in [3.05, 3.63) is 66.4 Å². The topological polar surface area (TPSA) is 65.4 Å². The van der Waals surface area contributed by atoms with Crippen LogP contribution >= 0.6 is 0 Å². The predicted molar refractivity (Wildman–Crippen MR) is 136 cm³/mol. The highest BCUT2D eigenvalue weighted by Crippen LogP contribution is 2.38. The fourth-order valence-corrected chi connectivity index (χ4v) is 3.91. The molecule has 1 N–H and O–H groups in total. The number of amides is 1. The number of nitrogens with one attached hydrogen (secondary N) is 1. The maximum absolute atomic E-state index is 12.6. The van der Waals surface area contributed by atoms with E-state index in [1.807, 2.05) is 48.5 Å². The number of hydrogen-bond donors (Lipinski definition) is 1. The molecule has 1 amide bonds. The lowest BCUT2D eigenvalue weighted by Crippen LogP contribution is -2.43. The van der Waals surface area contributed by atoms with Crippen LogP contribution in [0.1, 0.15) is 47.2 Å². The van der Waals surface area contributed by atoms with Crippen molar-refractivity contribution < 1.29 is 14.0 Å². The van der Waals surface area contributed by atoms with Gasteiger partial charge in [0.1, 0.15) is 17.3 Å². The molecule has 1 heterocycles. The number of para-hydroxylation sites is 1. The van der Waals surface area contributed by atoms with Crippen LogP contribution < -0.4 is 14.5 Å². The van der Waals surface area contributed by atoms with E-state index in [9.17, 15) is 4.79 Å². The van der Waals surface area contributed by atoms with Crippen molar-refractivity contribution in [2.75, 3.05) is 5.32 Å². The highest BCUT2D eigenvalue weighted by Gasteiger charge is 2.39. The highest BCUT2D eigenvalue weighted by molar-refractivity contribution is 6.74. The molecule has 0 unspecified atom stereocenters. The van der Waals surface area contributed by atoms with Crippen LogP contribution in [0, 0.1) is 0 Å². The lowest BCUT2D eigenvalue weighted by atomic mass is 9.92. The van der Waals surface area contributed by atoms with E-state index < -0.39 is 14.4 Å². The zero-order chi connectivity index (χ0) is 24.4. The molecule has 3 rings (SSSR count). The molecule has 0 spiro atoms. The Hall–Kier alpha value is -3.06. The molecule has 0 atom stereocenters. The van der Waals surface area contributed by atoms with Gasteiger partial charge in [0.2, 0.25) is 8.32 Å². The minimum absolute atomic E-state index is 0.0853. The molecule has 7 heteroatoms. The van der Waals surface area contributed by atoms with Gasteiger partial charge < -0.3 is 9.16 Å². The zero-order valence-corrected chi connectivity index (χ0v) is 21.9. The van der Waals surface area contributed by atoms with E-state index >= 15 is 0 Å². The fraction of sp³-hybridized carbons (Fsp3) is 0.385. The first-order valence-electron chi connectivity index (χ1n) is 11.2. The van der Waals surface area contributed by atoms with Crippen LogP contribution in [0.5, 0.6) is 11.5 Å². The third kappa shape index (κ3) is 6.04. The second kappa shape index (κ2) is 9.06. The summed E-state index contributed by atoms with van der Waals surface area (Å²) in [6.07, 6.45) is -0.573. The fourth-order valence-electron chi connectivity index (χ4n) is 2.89. The van der Waals surface area contributed by atoms with E-state index in [0.29, 0.717) is 11.6 Å². The third-order valence-electron chi connectivity index (χ3n) is 5.90. The predicted octanol–water partition coefficient (Wildman–Crippen LogP) is 7.16. The van der Waals surface area contributed by atoms with Crippen LogP contribution in [0.4, 0.5) is 10.6 Å². The van der Waals surface area contributed by atoms with Crippen LogP contribution in [0.25, 0.3) is 5.69 Å². The van der Waals surface area contributed by atoms with Gasteiger partial charge in [0.15, 0.2) is 0 Å². The van der Waals surface area contributed by atoms with E-state index in [0.717, 1.165) is 17.1 Å². The molecule has 0 saturated carbocycles. The number of carbonyl (C=O) groups is 1. The molecular weight excluding hydrogens is 430 g/mol. The summed E-state index contributed by atoms with van der Waals surface area (Å²) < 4.78 is 13.6. The molecule has 0 fully saturated rings. The van der Waals surface area contributed by atoms with Crippen molar-refractivity contribution in [3.63, 3.8) is 0 Å². The number of anilines is 1. The first kappa shape index (κ1) is 24.6. The summed E-state index contributed by atoms with van der Waals surface area (Å²) in [5.41, 5.74) is 1.46.